The van der Waals surface area contributed by atoms with Gasteiger partial charge in [-0.25, -0.2) is 4.39 Å². The molecule has 0 fully saturated rings. The van der Waals surface area contributed by atoms with E-state index in [4.69, 9.17) is 4.74 Å². The van der Waals surface area contributed by atoms with Crippen LogP contribution in [0.5, 0.6) is 5.75 Å². The quantitative estimate of drug-likeness (QED) is 0.716. The number of nitrogens with zero attached hydrogens (tertiary/aromatic N) is 2. The zero-order valence-electron chi connectivity index (χ0n) is 14.7. The fraction of sp³-hybridized carbons (Fsp3) is 0.286. The zero-order valence-corrected chi connectivity index (χ0v) is 14.7. The van der Waals surface area contributed by atoms with Crippen LogP contribution in [0.3, 0.4) is 0 Å². The first-order chi connectivity index (χ1) is 12.7. The number of fused-ring (bicyclic) bond motifs is 3. The van der Waals surface area contributed by atoms with Gasteiger partial charge in [0.05, 0.1) is 0 Å². The molecule has 0 N–H and O–H groups in total. The average molecular weight is 352 g/mol. The lowest BCUT2D eigenvalue weighted by atomic mass is 10.0. The topological polar surface area (TPSA) is 34.5 Å². The number of ether oxygens (including phenoxy) is 1. The molecule has 4 nitrogen and oxygen atoms in total. The van der Waals surface area contributed by atoms with Crippen molar-refractivity contribution in [3.05, 3.63) is 65.6 Å². The number of benzene rings is 2. The van der Waals surface area contributed by atoms with Crippen LogP contribution in [0.1, 0.15) is 18.2 Å². The Morgan fingerprint density at radius 1 is 1.15 bits per heavy atom. The van der Waals surface area contributed by atoms with Crippen molar-refractivity contribution in [3.8, 4) is 5.75 Å². The second-order valence-electron chi connectivity index (χ2n) is 6.49. The monoisotopic (exact) mass is 352 g/mol. The molecular weight excluding hydrogens is 331 g/mol. The van der Waals surface area contributed by atoms with Gasteiger partial charge in [-0.3, -0.25) is 4.79 Å². The van der Waals surface area contributed by atoms with Gasteiger partial charge in [0.25, 0.3) is 5.91 Å². The summed E-state index contributed by atoms with van der Waals surface area (Å²) < 4.78 is 20.8. The second kappa shape index (κ2) is 6.83. The molecule has 4 rings (SSSR count). The number of carbonyl (C=O) groups is 1. The van der Waals surface area contributed by atoms with Gasteiger partial charge in [-0.1, -0.05) is 18.2 Å². The van der Waals surface area contributed by atoms with Gasteiger partial charge in [0.15, 0.2) is 6.61 Å². The Labute approximate surface area is 151 Å². The first-order valence-electron chi connectivity index (χ1n) is 8.92. The Kier molecular flexibility index (Phi) is 4.37. The molecule has 2 aromatic carbocycles. The summed E-state index contributed by atoms with van der Waals surface area (Å²) in [7, 11) is 0. The van der Waals surface area contributed by atoms with Crippen LogP contribution in [0.15, 0.2) is 48.5 Å². The van der Waals surface area contributed by atoms with Crippen LogP contribution in [-0.2, 0) is 24.3 Å². The molecule has 0 unspecified atom stereocenters. The fourth-order valence-corrected chi connectivity index (χ4v) is 3.74. The summed E-state index contributed by atoms with van der Waals surface area (Å²) >= 11 is 0. The predicted molar refractivity (Wildman–Crippen MR) is 98.6 cm³/mol. The molecule has 0 radical (unpaired) electrons. The van der Waals surface area contributed by atoms with Gasteiger partial charge < -0.3 is 14.2 Å². The second-order valence-corrected chi connectivity index (χ2v) is 6.49. The smallest absolute Gasteiger partial charge is 0.260 e. The number of carbonyl (C=O) groups excluding carboxylic acids is 1. The summed E-state index contributed by atoms with van der Waals surface area (Å²) in [6.07, 6.45) is 0.847. The summed E-state index contributed by atoms with van der Waals surface area (Å²) in [5.74, 6) is 0.132. The Hall–Kier alpha value is -2.82. The number of hydrogen-bond acceptors (Lipinski definition) is 2. The van der Waals surface area contributed by atoms with Crippen molar-refractivity contribution in [2.24, 2.45) is 0 Å². The van der Waals surface area contributed by atoms with Crippen molar-refractivity contribution in [1.29, 1.82) is 0 Å². The lowest BCUT2D eigenvalue weighted by Crippen LogP contribution is -2.39. The van der Waals surface area contributed by atoms with E-state index in [1.165, 1.54) is 46.4 Å². The molecule has 0 aliphatic carbocycles. The van der Waals surface area contributed by atoms with Crippen molar-refractivity contribution < 1.29 is 13.9 Å². The summed E-state index contributed by atoms with van der Waals surface area (Å²) in [5.41, 5.74) is 3.80. The Morgan fingerprint density at radius 3 is 2.69 bits per heavy atom. The van der Waals surface area contributed by atoms with E-state index in [9.17, 15) is 9.18 Å². The maximum atomic E-state index is 12.9. The number of aromatic nitrogens is 1. The van der Waals surface area contributed by atoms with Gasteiger partial charge in [-0.15, -0.1) is 0 Å². The predicted octanol–water partition coefficient (Wildman–Crippen LogP) is 3.76. The third-order valence-corrected chi connectivity index (χ3v) is 5.01. The lowest BCUT2D eigenvalue weighted by molar-refractivity contribution is -0.134. The molecule has 0 saturated carbocycles. The van der Waals surface area contributed by atoms with E-state index in [0.29, 0.717) is 18.8 Å². The van der Waals surface area contributed by atoms with E-state index >= 15 is 0 Å². The third kappa shape index (κ3) is 2.94. The number of amides is 1. The van der Waals surface area contributed by atoms with E-state index < -0.39 is 0 Å². The minimum atomic E-state index is -0.320. The molecular formula is C21H21FN2O2. The molecule has 5 heteroatoms. The van der Waals surface area contributed by atoms with Gasteiger partial charge in [-0.2, -0.15) is 0 Å². The molecule has 0 saturated heterocycles. The highest BCUT2D eigenvalue weighted by atomic mass is 19.1. The van der Waals surface area contributed by atoms with E-state index in [1.54, 1.807) is 0 Å². The maximum absolute atomic E-state index is 12.9. The highest BCUT2D eigenvalue weighted by Crippen LogP contribution is 2.31. The van der Waals surface area contributed by atoms with Crippen LogP contribution < -0.4 is 4.74 Å². The molecule has 3 aromatic rings. The highest BCUT2D eigenvalue weighted by Gasteiger charge is 2.26. The SMILES string of the molecule is CCn1c2c(c3ccccc31)CN(C(=O)COc1ccc(F)cc1)CC2. The van der Waals surface area contributed by atoms with Crippen molar-refractivity contribution in [3.63, 3.8) is 0 Å². The Bertz CT molecular complexity index is 947. The average Bonchev–Trinajstić information content (AvgIpc) is 3.00. The molecule has 1 aliphatic rings. The summed E-state index contributed by atoms with van der Waals surface area (Å²) in [4.78, 5) is 14.4. The molecule has 0 spiro atoms. The van der Waals surface area contributed by atoms with Crippen molar-refractivity contribution in [1.82, 2.24) is 9.47 Å². The summed E-state index contributed by atoms with van der Waals surface area (Å²) in [6.45, 7) is 4.34. The van der Waals surface area contributed by atoms with Crippen LogP contribution in [0.4, 0.5) is 4.39 Å². The number of rotatable bonds is 4. The number of aryl methyl sites for hydroxylation is 1. The minimum absolute atomic E-state index is 0.0343. The standard InChI is InChI=1S/C21H21FN2O2/c1-2-24-19-6-4-3-5-17(19)18-13-23(12-11-20(18)24)21(25)14-26-16-9-7-15(22)8-10-16/h3-10H,2,11-14H2,1H3. The molecule has 134 valence electrons. The molecule has 1 amide bonds. The first-order valence-corrected chi connectivity index (χ1v) is 8.92. The third-order valence-electron chi connectivity index (χ3n) is 5.01. The molecule has 0 atom stereocenters. The normalized spacial score (nSPS) is 13.7. The molecule has 1 aromatic heterocycles. The molecule has 26 heavy (non-hydrogen) atoms. The van der Waals surface area contributed by atoms with Gasteiger partial charge in [0.1, 0.15) is 11.6 Å². The van der Waals surface area contributed by atoms with Crippen LogP contribution in [0.2, 0.25) is 0 Å². The Balaban J connectivity index is 1.51. The van der Waals surface area contributed by atoms with E-state index in [2.05, 4.69) is 29.7 Å². The van der Waals surface area contributed by atoms with E-state index in [1.807, 2.05) is 11.0 Å². The van der Waals surface area contributed by atoms with Crippen molar-refractivity contribution >= 4 is 16.8 Å². The van der Waals surface area contributed by atoms with Gasteiger partial charge >= 0.3 is 0 Å². The first kappa shape index (κ1) is 16.6. The lowest BCUT2D eigenvalue weighted by Gasteiger charge is -2.28. The highest BCUT2D eigenvalue weighted by molar-refractivity contribution is 5.87. The van der Waals surface area contributed by atoms with E-state index in [0.717, 1.165) is 13.0 Å². The summed E-state index contributed by atoms with van der Waals surface area (Å²) in [5, 5.41) is 1.22. The van der Waals surface area contributed by atoms with Crippen LogP contribution in [-0.4, -0.2) is 28.5 Å². The fourth-order valence-electron chi connectivity index (χ4n) is 3.74. The number of para-hydroxylation sites is 1. The van der Waals surface area contributed by atoms with Gasteiger partial charge in [0.2, 0.25) is 0 Å². The maximum Gasteiger partial charge on any atom is 0.260 e. The molecule has 0 bridgehead atoms. The van der Waals surface area contributed by atoms with Crippen LogP contribution in [0, 0.1) is 5.82 Å². The Morgan fingerprint density at radius 2 is 1.92 bits per heavy atom. The van der Waals surface area contributed by atoms with Gasteiger partial charge in [0, 0.05) is 48.2 Å². The molecule has 2 heterocycles. The number of halogens is 1. The minimum Gasteiger partial charge on any atom is -0.484 e. The zero-order chi connectivity index (χ0) is 18.1. The van der Waals surface area contributed by atoms with Gasteiger partial charge in [-0.05, 0) is 37.3 Å². The van der Waals surface area contributed by atoms with Crippen molar-refractivity contribution in [2.45, 2.75) is 26.4 Å². The van der Waals surface area contributed by atoms with Crippen LogP contribution in [0.25, 0.3) is 10.9 Å². The van der Waals surface area contributed by atoms with E-state index in [-0.39, 0.29) is 18.3 Å². The van der Waals surface area contributed by atoms with Crippen molar-refractivity contribution in [2.75, 3.05) is 13.2 Å². The number of hydrogen-bond donors (Lipinski definition) is 0. The largest absolute Gasteiger partial charge is 0.484 e. The summed E-state index contributed by atoms with van der Waals surface area (Å²) in [6, 6.07) is 14.1. The molecule has 1 aliphatic heterocycles. The van der Waals surface area contributed by atoms with Crippen LogP contribution >= 0.6 is 0 Å².